The van der Waals surface area contributed by atoms with Gasteiger partial charge in [0.25, 0.3) is 0 Å². The number of carbonyl (C=O) groups is 2. The van der Waals surface area contributed by atoms with Crippen molar-refractivity contribution in [2.45, 2.75) is 13.3 Å². The summed E-state index contributed by atoms with van der Waals surface area (Å²) in [4.78, 5) is 24.4. The van der Waals surface area contributed by atoms with Crippen molar-refractivity contribution in [1.29, 1.82) is 0 Å². The minimum atomic E-state index is -0.153. The number of hydrogen-bond acceptors (Lipinski definition) is 2. The Hall–Kier alpha value is -3.00. The van der Waals surface area contributed by atoms with Crippen molar-refractivity contribution in [3.05, 3.63) is 95.6 Å². The Morgan fingerprint density at radius 2 is 1.08 bits per heavy atom. The third-order valence-corrected chi connectivity index (χ3v) is 4.01. The zero-order chi connectivity index (χ0) is 16.9. The predicted molar refractivity (Wildman–Crippen MR) is 96.3 cm³/mol. The lowest BCUT2D eigenvalue weighted by molar-refractivity contribution is 0.0894. The molecule has 3 rings (SSSR count). The number of ketones is 2. The van der Waals surface area contributed by atoms with E-state index in [9.17, 15) is 9.59 Å². The summed E-state index contributed by atoms with van der Waals surface area (Å²) in [6, 6.07) is 24.6. The molecule has 0 N–H and O–H groups in total. The Bertz CT molecular complexity index is 845. The monoisotopic (exact) mass is 314 g/mol. The number of Topliss-reactive ketones (excluding diaryl/α,β-unsaturated/α-hetero) is 2. The van der Waals surface area contributed by atoms with Crippen LogP contribution in [-0.2, 0) is 0 Å². The summed E-state index contributed by atoms with van der Waals surface area (Å²) in [7, 11) is 0. The molecule has 0 amide bonds. The van der Waals surface area contributed by atoms with E-state index in [0.717, 1.165) is 11.1 Å². The lowest BCUT2D eigenvalue weighted by atomic mass is 9.98. The average Bonchev–Trinajstić information content (AvgIpc) is 2.63. The SMILES string of the molecule is Cc1ccc(-c2ccc(C(=O)CC(=O)c3ccccc3)cc2)cc1. The highest BCUT2D eigenvalue weighted by atomic mass is 16.1. The molecule has 0 saturated carbocycles. The Morgan fingerprint density at radius 1 is 0.625 bits per heavy atom. The van der Waals surface area contributed by atoms with E-state index >= 15 is 0 Å². The standard InChI is InChI=1S/C22H18O2/c1-16-7-9-17(10-8-16)18-11-13-20(14-12-18)22(24)15-21(23)19-5-3-2-4-6-19/h2-14H,15H2,1H3. The van der Waals surface area contributed by atoms with E-state index < -0.39 is 0 Å². The van der Waals surface area contributed by atoms with Crippen molar-refractivity contribution in [2.24, 2.45) is 0 Å². The lowest BCUT2D eigenvalue weighted by Gasteiger charge is -2.05. The van der Waals surface area contributed by atoms with Gasteiger partial charge >= 0.3 is 0 Å². The largest absolute Gasteiger partial charge is 0.294 e. The van der Waals surface area contributed by atoms with Crippen LogP contribution in [0.15, 0.2) is 78.9 Å². The lowest BCUT2D eigenvalue weighted by Crippen LogP contribution is -2.08. The van der Waals surface area contributed by atoms with Gasteiger partial charge in [0.2, 0.25) is 0 Å². The maximum absolute atomic E-state index is 12.3. The fraction of sp³-hybridized carbons (Fsp3) is 0.0909. The molecule has 0 aliphatic carbocycles. The van der Waals surface area contributed by atoms with Gasteiger partial charge in [0, 0.05) is 11.1 Å². The van der Waals surface area contributed by atoms with Gasteiger partial charge in [-0.15, -0.1) is 0 Å². The fourth-order valence-electron chi connectivity index (χ4n) is 2.57. The van der Waals surface area contributed by atoms with Crippen molar-refractivity contribution < 1.29 is 9.59 Å². The maximum atomic E-state index is 12.3. The molecule has 2 nitrogen and oxygen atoms in total. The first kappa shape index (κ1) is 15.9. The van der Waals surface area contributed by atoms with E-state index in [1.165, 1.54) is 5.56 Å². The van der Waals surface area contributed by atoms with Crippen LogP contribution >= 0.6 is 0 Å². The zero-order valence-electron chi connectivity index (χ0n) is 13.5. The number of rotatable bonds is 5. The van der Waals surface area contributed by atoms with E-state index in [1.54, 1.807) is 36.4 Å². The highest BCUT2D eigenvalue weighted by Crippen LogP contribution is 2.21. The zero-order valence-corrected chi connectivity index (χ0v) is 13.5. The van der Waals surface area contributed by atoms with Crippen LogP contribution in [0.25, 0.3) is 11.1 Å². The van der Waals surface area contributed by atoms with Crippen molar-refractivity contribution >= 4 is 11.6 Å². The summed E-state index contributed by atoms with van der Waals surface area (Å²) in [5.41, 5.74) is 4.52. The number of carbonyl (C=O) groups excluding carboxylic acids is 2. The molecular formula is C22H18O2. The van der Waals surface area contributed by atoms with Crippen LogP contribution < -0.4 is 0 Å². The van der Waals surface area contributed by atoms with Crippen LogP contribution in [-0.4, -0.2) is 11.6 Å². The van der Waals surface area contributed by atoms with Crippen LogP contribution in [0.2, 0.25) is 0 Å². The molecule has 118 valence electrons. The molecule has 0 unspecified atom stereocenters. The Balaban J connectivity index is 1.72. The predicted octanol–water partition coefficient (Wildman–Crippen LogP) is 5.12. The van der Waals surface area contributed by atoms with Crippen LogP contribution in [0.4, 0.5) is 0 Å². The maximum Gasteiger partial charge on any atom is 0.170 e. The number of benzene rings is 3. The molecule has 0 heterocycles. The Labute approximate surface area is 141 Å². The van der Waals surface area contributed by atoms with Crippen molar-refractivity contribution in [3.8, 4) is 11.1 Å². The van der Waals surface area contributed by atoms with Gasteiger partial charge in [-0.05, 0) is 18.1 Å². The van der Waals surface area contributed by atoms with E-state index in [4.69, 9.17) is 0 Å². The summed E-state index contributed by atoms with van der Waals surface area (Å²) >= 11 is 0. The topological polar surface area (TPSA) is 34.1 Å². The molecule has 0 aliphatic heterocycles. The molecule has 0 aliphatic rings. The highest BCUT2D eigenvalue weighted by molar-refractivity contribution is 6.13. The minimum Gasteiger partial charge on any atom is -0.294 e. The van der Waals surface area contributed by atoms with E-state index in [2.05, 4.69) is 31.2 Å². The molecule has 3 aromatic carbocycles. The first-order valence-electron chi connectivity index (χ1n) is 7.92. The summed E-state index contributed by atoms with van der Waals surface area (Å²) in [5, 5.41) is 0. The minimum absolute atomic E-state index is 0.103. The quantitative estimate of drug-likeness (QED) is 0.484. The van der Waals surface area contributed by atoms with Crippen molar-refractivity contribution in [1.82, 2.24) is 0 Å². The first-order valence-corrected chi connectivity index (χ1v) is 7.92. The third kappa shape index (κ3) is 3.66. The van der Waals surface area contributed by atoms with Gasteiger partial charge in [0.15, 0.2) is 11.6 Å². The highest BCUT2D eigenvalue weighted by Gasteiger charge is 2.13. The average molecular weight is 314 g/mol. The van der Waals surface area contributed by atoms with E-state index in [0.29, 0.717) is 11.1 Å². The van der Waals surface area contributed by atoms with E-state index in [-0.39, 0.29) is 18.0 Å². The van der Waals surface area contributed by atoms with Crippen LogP contribution in [0.1, 0.15) is 32.7 Å². The second-order valence-electron chi connectivity index (χ2n) is 5.83. The van der Waals surface area contributed by atoms with Crippen LogP contribution in [0.5, 0.6) is 0 Å². The molecule has 2 heteroatoms. The van der Waals surface area contributed by atoms with Gasteiger partial charge in [0.05, 0.1) is 6.42 Å². The number of aryl methyl sites for hydroxylation is 1. The molecule has 24 heavy (non-hydrogen) atoms. The molecule has 0 saturated heterocycles. The summed E-state index contributed by atoms with van der Waals surface area (Å²) < 4.78 is 0. The smallest absolute Gasteiger partial charge is 0.170 e. The van der Waals surface area contributed by atoms with Gasteiger partial charge in [-0.3, -0.25) is 9.59 Å². The Morgan fingerprint density at radius 3 is 1.62 bits per heavy atom. The van der Waals surface area contributed by atoms with Crippen molar-refractivity contribution in [3.63, 3.8) is 0 Å². The van der Waals surface area contributed by atoms with Gasteiger partial charge in [-0.1, -0.05) is 84.4 Å². The van der Waals surface area contributed by atoms with Crippen LogP contribution in [0, 0.1) is 6.92 Å². The normalized spacial score (nSPS) is 10.4. The Kier molecular flexibility index (Phi) is 4.66. The molecule has 0 bridgehead atoms. The second kappa shape index (κ2) is 7.05. The first-order chi connectivity index (χ1) is 11.6. The summed E-state index contributed by atoms with van der Waals surface area (Å²) in [6.07, 6.45) is -0.103. The third-order valence-electron chi connectivity index (χ3n) is 4.01. The fourth-order valence-corrected chi connectivity index (χ4v) is 2.57. The molecule has 0 radical (unpaired) electrons. The van der Waals surface area contributed by atoms with Crippen molar-refractivity contribution in [2.75, 3.05) is 0 Å². The summed E-state index contributed by atoms with van der Waals surface area (Å²) in [5.74, 6) is -0.303. The summed E-state index contributed by atoms with van der Waals surface area (Å²) in [6.45, 7) is 2.05. The molecular weight excluding hydrogens is 296 g/mol. The molecule has 3 aromatic rings. The van der Waals surface area contributed by atoms with Gasteiger partial charge in [-0.25, -0.2) is 0 Å². The number of hydrogen-bond donors (Lipinski definition) is 0. The van der Waals surface area contributed by atoms with Crippen LogP contribution in [0.3, 0.4) is 0 Å². The molecule has 0 aromatic heterocycles. The van der Waals surface area contributed by atoms with Gasteiger partial charge < -0.3 is 0 Å². The van der Waals surface area contributed by atoms with Gasteiger partial charge in [-0.2, -0.15) is 0 Å². The molecule has 0 spiro atoms. The molecule has 0 fully saturated rings. The molecule has 0 atom stereocenters. The van der Waals surface area contributed by atoms with E-state index in [1.807, 2.05) is 18.2 Å². The van der Waals surface area contributed by atoms with Gasteiger partial charge in [0.1, 0.15) is 0 Å². The second-order valence-corrected chi connectivity index (χ2v) is 5.83.